The summed E-state index contributed by atoms with van der Waals surface area (Å²) in [7, 11) is 0. The van der Waals surface area contributed by atoms with Gasteiger partial charge in [0.15, 0.2) is 5.82 Å². The van der Waals surface area contributed by atoms with Gasteiger partial charge in [-0.05, 0) is 5.56 Å². The third kappa shape index (κ3) is 4.74. The second-order valence-corrected chi connectivity index (χ2v) is 6.77. The highest BCUT2D eigenvalue weighted by Crippen LogP contribution is 2.41. The largest absolute Gasteiger partial charge is 0.421 e. The molecule has 0 saturated carbocycles. The minimum Gasteiger partial charge on any atom is -0.321 e. The number of nitrogens with one attached hydrogen (secondary N) is 1. The van der Waals surface area contributed by atoms with E-state index in [1.807, 2.05) is 6.07 Å². The molecular formula is C19H17F5N6O. The van der Waals surface area contributed by atoms with E-state index in [-0.39, 0.29) is 18.2 Å². The van der Waals surface area contributed by atoms with Crippen molar-refractivity contribution in [3.63, 3.8) is 0 Å². The highest BCUT2D eigenvalue weighted by Gasteiger charge is 2.40. The van der Waals surface area contributed by atoms with Gasteiger partial charge in [-0.15, -0.1) is 0 Å². The average molecular weight is 440 g/mol. The van der Waals surface area contributed by atoms with Crippen LogP contribution in [0.5, 0.6) is 0 Å². The molecule has 7 nitrogen and oxygen atoms in total. The van der Waals surface area contributed by atoms with E-state index < -0.39 is 36.6 Å². The molecule has 0 bridgehead atoms. The molecule has 1 aliphatic heterocycles. The number of hydroxylamine groups is 1. The zero-order valence-corrected chi connectivity index (χ0v) is 15.9. The summed E-state index contributed by atoms with van der Waals surface area (Å²) in [5.74, 6) is -0.585. The van der Waals surface area contributed by atoms with Gasteiger partial charge in [-0.3, -0.25) is 9.52 Å². The van der Waals surface area contributed by atoms with E-state index in [1.54, 1.807) is 24.3 Å². The summed E-state index contributed by atoms with van der Waals surface area (Å²) in [5.41, 5.74) is -0.00268. The van der Waals surface area contributed by atoms with Crippen LogP contribution in [0.4, 0.5) is 39.4 Å². The Balaban J connectivity index is 1.66. The fourth-order valence-corrected chi connectivity index (χ4v) is 3.26. The summed E-state index contributed by atoms with van der Waals surface area (Å²) in [4.78, 5) is 13.3. The molecule has 0 radical (unpaired) electrons. The van der Waals surface area contributed by atoms with Gasteiger partial charge < -0.3 is 5.32 Å². The number of hydrogen-bond acceptors (Lipinski definition) is 6. The van der Waals surface area contributed by atoms with E-state index >= 15 is 0 Å². The van der Waals surface area contributed by atoms with Crippen molar-refractivity contribution in [2.75, 3.05) is 17.0 Å². The molecule has 0 spiro atoms. The number of hydrogen-bond donors (Lipinski definition) is 1. The molecule has 3 aromatic rings. The van der Waals surface area contributed by atoms with Crippen molar-refractivity contribution in [2.24, 2.45) is 0 Å². The molecule has 164 valence electrons. The Morgan fingerprint density at radius 3 is 2.65 bits per heavy atom. The summed E-state index contributed by atoms with van der Waals surface area (Å²) in [5, 5.41) is 7.60. The van der Waals surface area contributed by atoms with Crippen LogP contribution in [0.15, 0.2) is 48.9 Å². The van der Waals surface area contributed by atoms with E-state index in [0.29, 0.717) is 12.6 Å². The van der Waals surface area contributed by atoms with E-state index in [4.69, 9.17) is 4.84 Å². The van der Waals surface area contributed by atoms with Gasteiger partial charge >= 0.3 is 6.18 Å². The molecule has 12 heteroatoms. The monoisotopic (exact) mass is 440 g/mol. The lowest BCUT2D eigenvalue weighted by Gasteiger charge is -2.26. The van der Waals surface area contributed by atoms with Crippen molar-refractivity contribution in [3.8, 4) is 0 Å². The standard InChI is InChI=1S/C19H17F5N6O/c20-16(21)11-29-10-13(8-26-29)27-18-25-9-14(19(22,23)24)17(28-18)30-15(6-7-31-30)12-4-2-1-3-5-12/h1-5,8-10,15-16H,6-7,11H2,(H,25,27,28)/t15-/m0/s1. The SMILES string of the molecule is FC(F)Cn1cc(Nc2ncc(C(F)(F)F)c(N3OCC[C@H]3c3ccccc3)n2)cn1. The second kappa shape index (κ2) is 8.46. The lowest BCUT2D eigenvalue weighted by Crippen LogP contribution is -2.26. The topological polar surface area (TPSA) is 68.1 Å². The summed E-state index contributed by atoms with van der Waals surface area (Å²) < 4.78 is 66.9. The Hall–Kier alpha value is -3.28. The number of rotatable bonds is 6. The van der Waals surface area contributed by atoms with Crippen molar-refractivity contribution >= 4 is 17.5 Å². The van der Waals surface area contributed by atoms with Gasteiger partial charge in [0.05, 0.1) is 24.5 Å². The number of anilines is 3. The van der Waals surface area contributed by atoms with Crippen LogP contribution in [-0.2, 0) is 17.6 Å². The minimum atomic E-state index is -4.71. The van der Waals surface area contributed by atoms with Gasteiger partial charge in [0.2, 0.25) is 5.95 Å². The Morgan fingerprint density at radius 1 is 1.16 bits per heavy atom. The predicted molar refractivity (Wildman–Crippen MR) is 101 cm³/mol. The van der Waals surface area contributed by atoms with Crippen molar-refractivity contribution in [2.45, 2.75) is 31.6 Å². The first-order valence-corrected chi connectivity index (χ1v) is 9.30. The fourth-order valence-electron chi connectivity index (χ4n) is 3.26. The zero-order valence-electron chi connectivity index (χ0n) is 15.9. The van der Waals surface area contributed by atoms with Gasteiger partial charge in [0.1, 0.15) is 12.1 Å². The first kappa shape index (κ1) is 21.0. The van der Waals surface area contributed by atoms with Gasteiger partial charge in [-0.2, -0.15) is 23.3 Å². The molecule has 1 aliphatic rings. The number of benzene rings is 1. The van der Waals surface area contributed by atoms with Crippen molar-refractivity contribution < 1.29 is 26.8 Å². The molecule has 3 heterocycles. The second-order valence-electron chi connectivity index (χ2n) is 6.77. The zero-order chi connectivity index (χ0) is 22.0. The molecule has 0 amide bonds. The summed E-state index contributed by atoms with van der Waals surface area (Å²) in [6, 6.07) is 8.54. The number of aromatic nitrogens is 4. The van der Waals surface area contributed by atoms with Gasteiger partial charge in [-0.1, -0.05) is 30.3 Å². The average Bonchev–Trinajstić information content (AvgIpc) is 3.37. The van der Waals surface area contributed by atoms with Crippen LogP contribution in [0.2, 0.25) is 0 Å². The number of alkyl halides is 5. The molecule has 1 aromatic carbocycles. The molecule has 1 fully saturated rings. The number of halogens is 5. The molecule has 1 atom stereocenters. The van der Waals surface area contributed by atoms with Gasteiger partial charge in [0, 0.05) is 18.8 Å². The molecular weight excluding hydrogens is 423 g/mol. The van der Waals surface area contributed by atoms with Crippen LogP contribution >= 0.6 is 0 Å². The molecule has 0 aliphatic carbocycles. The van der Waals surface area contributed by atoms with Crippen molar-refractivity contribution in [1.82, 2.24) is 19.7 Å². The Morgan fingerprint density at radius 2 is 1.94 bits per heavy atom. The van der Waals surface area contributed by atoms with Crippen LogP contribution in [0.1, 0.15) is 23.6 Å². The molecule has 31 heavy (non-hydrogen) atoms. The summed E-state index contributed by atoms with van der Waals surface area (Å²) in [6.45, 7) is -0.384. The normalized spacial score (nSPS) is 16.8. The van der Waals surface area contributed by atoms with Crippen LogP contribution in [0, 0.1) is 0 Å². The number of nitrogens with zero attached hydrogens (tertiary/aromatic N) is 5. The van der Waals surface area contributed by atoms with E-state index in [0.717, 1.165) is 15.3 Å². The Kier molecular flexibility index (Phi) is 5.72. The molecule has 0 unspecified atom stereocenters. The molecule has 4 rings (SSSR count). The third-order valence-electron chi connectivity index (χ3n) is 4.59. The summed E-state index contributed by atoms with van der Waals surface area (Å²) >= 11 is 0. The highest BCUT2D eigenvalue weighted by molar-refractivity contribution is 5.56. The van der Waals surface area contributed by atoms with Gasteiger partial charge in [0.25, 0.3) is 6.43 Å². The van der Waals surface area contributed by atoms with Crippen molar-refractivity contribution in [3.05, 3.63) is 60.0 Å². The van der Waals surface area contributed by atoms with E-state index in [1.165, 1.54) is 12.4 Å². The lowest BCUT2D eigenvalue weighted by atomic mass is 10.0. The maximum Gasteiger partial charge on any atom is 0.421 e. The predicted octanol–water partition coefficient (Wildman–Crippen LogP) is 4.58. The maximum absolute atomic E-state index is 13.6. The van der Waals surface area contributed by atoms with E-state index in [2.05, 4.69) is 20.4 Å². The minimum absolute atomic E-state index is 0.151. The van der Waals surface area contributed by atoms with Crippen molar-refractivity contribution in [1.29, 1.82) is 0 Å². The van der Waals surface area contributed by atoms with Crippen LogP contribution < -0.4 is 10.4 Å². The molecule has 1 saturated heterocycles. The van der Waals surface area contributed by atoms with Crippen LogP contribution in [-0.4, -0.2) is 32.8 Å². The van der Waals surface area contributed by atoms with Crippen LogP contribution in [0.3, 0.4) is 0 Å². The lowest BCUT2D eigenvalue weighted by molar-refractivity contribution is -0.138. The van der Waals surface area contributed by atoms with E-state index in [9.17, 15) is 22.0 Å². The van der Waals surface area contributed by atoms with Crippen LogP contribution in [0.25, 0.3) is 0 Å². The molecule has 2 aromatic heterocycles. The Bertz CT molecular complexity index is 1030. The fraction of sp³-hybridized carbons (Fsp3) is 0.316. The smallest absolute Gasteiger partial charge is 0.321 e. The first-order valence-electron chi connectivity index (χ1n) is 9.30. The molecule has 1 N–H and O–H groups in total. The first-order chi connectivity index (χ1) is 14.8. The van der Waals surface area contributed by atoms with Gasteiger partial charge in [-0.25, -0.2) is 18.8 Å². The third-order valence-corrected chi connectivity index (χ3v) is 4.59. The quantitative estimate of drug-likeness (QED) is 0.566. The highest BCUT2D eigenvalue weighted by atomic mass is 19.4. The summed E-state index contributed by atoms with van der Waals surface area (Å²) in [6.07, 6.45) is -3.62. The maximum atomic E-state index is 13.6. The Labute approximate surface area is 173 Å².